The van der Waals surface area contributed by atoms with Crippen molar-refractivity contribution in [2.45, 2.75) is 50.4 Å². The molecule has 1 saturated carbocycles. The third kappa shape index (κ3) is 5.01. The Kier molecular flexibility index (Phi) is 6.56. The van der Waals surface area contributed by atoms with Crippen LogP contribution in [0.25, 0.3) is 0 Å². The molecule has 2 heterocycles. The molecule has 4 nitrogen and oxygen atoms in total. The quantitative estimate of drug-likeness (QED) is 0.613. The SMILES string of the molecule is S=C(NCC1(c2cccc(Cl)c2)CCCCC1)Nc1ccc(N2CCCC2)nc1. The van der Waals surface area contributed by atoms with Crippen molar-refractivity contribution >= 4 is 40.4 Å². The molecule has 2 fully saturated rings. The molecule has 1 aromatic carbocycles. The summed E-state index contributed by atoms with van der Waals surface area (Å²) in [7, 11) is 0. The Morgan fingerprint density at radius 3 is 2.55 bits per heavy atom. The number of nitrogens with zero attached hydrogens (tertiary/aromatic N) is 2. The van der Waals surface area contributed by atoms with Crippen LogP contribution in [-0.4, -0.2) is 29.7 Å². The summed E-state index contributed by atoms with van der Waals surface area (Å²) in [6, 6.07) is 12.5. The summed E-state index contributed by atoms with van der Waals surface area (Å²) >= 11 is 11.9. The molecule has 0 spiro atoms. The molecule has 2 N–H and O–H groups in total. The van der Waals surface area contributed by atoms with Crippen LogP contribution in [0.5, 0.6) is 0 Å². The lowest BCUT2D eigenvalue weighted by Gasteiger charge is -2.38. The van der Waals surface area contributed by atoms with Gasteiger partial charge in [-0.15, -0.1) is 0 Å². The second-order valence-electron chi connectivity index (χ2n) is 8.26. The normalized spacial score (nSPS) is 18.4. The second-order valence-corrected chi connectivity index (χ2v) is 9.10. The summed E-state index contributed by atoms with van der Waals surface area (Å²) in [6.45, 7) is 3.02. The first-order chi connectivity index (χ1) is 14.1. The van der Waals surface area contributed by atoms with E-state index in [0.717, 1.165) is 49.0 Å². The van der Waals surface area contributed by atoms with Crippen LogP contribution in [-0.2, 0) is 5.41 Å². The average molecular weight is 429 g/mol. The van der Waals surface area contributed by atoms with Gasteiger partial charge in [0.05, 0.1) is 11.9 Å². The van der Waals surface area contributed by atoms with Gasteiger partial charge in [0.1, 0.15) is 5.82 Å². The molecule has 1 aliphatic heterocycles. The number of aromatic nitrogens is 1. The summed E-state index contributed by atoms with van der Waals surface area (Å²) in [5.74, 6) is 1.05. The highest BCUT2D eigenvalue weighted by Gasteiger charge is 2.34. The lowest BCUT2D eigenvalue weighted by Crippen LogP contribution is -2.43. The van der Waals surface area contributed by atoms with Crippen LogP contribution in [0.1, 0.15) is 50.5 Å². The molecular formula is C23H29ClN4S. The zero-order valence-electron chi connectivity index (χ0n) is 16.8. The standard InChI is InChI=1S/C23H29ClN4S/c24-19-8-6-7-18(15-19)23(11-2-1-3-12-23)17-26-22(29)27-20-9-10-21(25-16-20)28-13-4-5-14-28/h6-10,15-16H,1-5,11-14,17H2,(H2,26,27,29). The largest absolute Gasteiger partial charge is 0.362 e. The maximum Gasteiger partial charge on any atom is 0.170 e. The fraction of sp³-hybridized carbons (Fsp3) is 0.478. The number of thiocarbonyl (C=S) groups is 1. The first kappa shape index (κ1) is 20.4. The van der Waals surface area contributed by atoms with Crippen molar-refractivity contribution < 1.29 is 0 Å². The minimum Gasteiger partial charge on any atom is -0.362 e. The number of anilines is 2. The van der Waals surface area contributed by atoms with E-state index < -0.39 is 0 Å². The number of hydrogen-bond acceptors (Lipinski definition) is 3. The van der Waals surface area contributed by atoms with Crippen LogP contribution in [0, 0.1) is 0 Å². The molecule has 1 aliphatic carbocycles. The van der Waals surface area contributed by atoms with Gasteiger partial charge in [-0.25, -0.2) is 4.98 Å². The molecule has 29 heavy (non-hydrogen) atoms. The lowest BCUT2D eigenvalue weighted by atomic mass is 9.69. The molecule has 4 rings (SSSR count). The average Bonchev–Trinajstić information content (AvgIpc) is 3.28. The Balaban J connectivity index is 1.38. The van der Waals surface area contributed by atoms with Crippen molar-refractivity contribution in [3.8, 4) is 0 Å². The fourth-order valence-electron chi connectivity index (χ4n) is 4.63. The van der Waals surface area contributed by atoms with Crippen LogP contribution in [0.2, 0.25) is 5.02 Å². The van der Waals surface area contributed by atoms with Crippen molar-refractivity contribution in [2.75, 3.05) is 29.9 Å². The van der Waals surface area contributed by atoms with Crippen LogP contribution >= 0.6 is 23.8 Å². The third-order valence-electron chi connectivity index (χ3n) is 6.27. The highest BCUT2D eigenvalue weighted by molar-refractivity contribution is 7.80. The molecule has 1 saturated heterocycles. The summed E-state index contributed by atoms with van der Waals surface area (Å²) in [5, 5.41) is 8.21. The van der Waals surface area contributed by atoms with Gasteiger partial charge in [0.2, 0.25) is 0 Å². The Morgan fingerprint density at radius 2 is 1.86 bits per heavy atom. The third-order valence-corrected chi connectivity index (χ3v) is 6.75. The van der Waals surface area contributed by atoms with E-state index in [9.17, 15) is 0 Å². The molecule has 2 aliphatic rings. The van der Waals surface area contributed by atoms with E-state index in [2.05, 4.69) is 50.8 Å². The number of hydrogen-bond donors (Lipinski definition) is 2. The van der Waals surface area contributed by atoms with E-state index in [1.165, 1.54) is 37.7 Å². The van der Waals surface area contributed by atoms with Gasteiger partial charge in [-0.2, -0.15) is 0 Å². The van der Waals surface area contributed by atoms with E-state index in [0.29, 0.717) is 5.11 Å². The molecular weight excluding hydrogens is 400 g/mol. The second kappa shape index (κ2) is 9.31. The highest BCUT2D eigenvalue weighted by Crippen LogP contribution is 2.39. The minimum absolute atomic E-state index is 0.0900. The number of rotatable bonds is 5. The summed E-state index contributed by atoms with van der Waals surface area (Å²) in [6.07, 6.45) is 10.5. The van der Waals surface area contributed by atoms with E-state index >= 15 is 0 Å². The predicted octanol–water partition coefficient (Wildman–Crippen LogP) is 5.52. The topological polar surface area (TPSA) is 40.2 Å². The van der Waals surface area contributed by atoms with Gasteiger partial charge in [0.15, 0.2) is 5.11 Å². The minimum atomic E-state index is 0.0900. The molecule has 0 radical (unpaired) electrons. The number of halogens is 1. The van der Waals surface area contributed by atoms with Gasteiger partial charge in [-0.1, -0.05) is 43.0 Å². The van der Waals surface area contributed by atoms with Crippen molar-refractivity contribution in [3.63, 3.8) is 0 Å². The molecule has 0 unspecified atom stereocenters. The van der Waals surface area contributed by atoms with Gasteiger partial charge in [-0.3, -0.25) is 0 Å². The number of benzene rings is 1. The first-order valence-electron chi connectivity index (χ1n) is 10.7. The number of pyridine rings is 1. The zero-order chi connectivity index (χ0) is 20.1. The van der Waals surface area contributed by atoms with Crippen molar-refractivity contribution in [1.29, 1.82) is 0 Å². The predicted molar refractivity (Wildman–Crippen MR) is 126 cm³/mol. The molecule has 1 aromatic heterocycles. The molecule has 154 valence electrons. The van der Waals surface area contributed by atoms with E-state index in [1.807, 2.05) is 12.3 Å². The Hall–Kier alpha value is -1.85. The van der Waals surface area contributed by atoms with Crippen LogP contribution in [0.4, 0.5) is 11.5 Å². The smallest absolute Gasteiger partial charge is 0.170 e. The first-order valence-corrected chi connectivity index (χ1v) is 11.5. The maximum absolute atomic E-state index is 6.29. The summed E-state index contributed by atoms with van der Waals surface area (Å²) in [4.78, 5) is 6.93. The van der Waals surface area contributed by atoms with Gasteiger partial charge < -0.3 is 15.5 Å². The molecule has 0 bridgehead atoms. The maximum atomic E-state index is 6.29. The van der Waals surface area contributed by atoms with E-state index in [1.54, 1.807) is 0 Å². The van der Waals surface area contributed by atoms with Crippen LogP contribution in [0.3, 0.4) is 0 Å². The molecule has 0 atom stereocenters. The molecule has 0 amide bonds. The van der Waals surface area contributed by atoms with Crippen molar-refractivity contribution in [2.24, 2.45) is 0 Å². The molecule has 2 aromatic rings. The molecule has 6 heteroatoms. The van der Waals surface area contributed by atoms with Gasteiger partial charge in [-0.05, 0) is 67.7 Å². The van der Waals surface area contributed by atoms with E-state index in [4.69, 9.17) is 23.8 Å². The Bertz CT molecular complexity index is 827. The van der Waals surface area contributed by atoms with Gasteiger partial charge in [0, 0.05) is 30.1 Å². The van der Waals surface area contributed by atoms with Crippen LogP contribution in [0.15, 0.2) is 42.6 Å². The van der Waals surface area contributed by atoms with Crippen LogP contribution < -0.4 is 15.5 Å². The van der Waals surface area contributed by atoms with Crippen molar-refractivity contribution in [1.82, 2.24) is 10.3 Å². The van der Waals surface area contributed by atoms with Gasteiger partial charge >= 0.3 is 0 Å². The Labute approximate surface area is 184 Å². The summed E-state index contributed by atoms with van der Waals surface area (Å²) < 4.78 is 0. The van der Waals surface area contributed by atoms with Crippen molar-refractivity contribution in [3.05, 3.63) is 53.2 Å². The highest BCUT2D eigenvalue weighted by atomic mass is 35.5. The zero-order valence-corrected chi connectivity index (χ0v) is 18.4. The summed E-state index contributed by atoms with van der Waals surface area (Å²) in [5.41, 5.74) is 2.33. The van der Waals surface area contributed by atoms with E-state index in [-0.39, 0.29) is 5.41 Å². The monoisotopic (exact) mass is 428 g/mol. The lowest BCUT2D eigenvalue weighted by molar-refractivity contribution is 0.292. The fourth-order valence-corrected chi connectivity index (χ4v) is 5.01. The Morgan fingerprint density at radius 1 is 1.07 bits per heavy atom. The number of nitrogens with one attached hydrogen (secondary N) is 2. The van der Waals surface area contributed by atoms with Gasteiger partial charge in [0.25, 0.3) is 0 Å².